The highest BCUT2D eigenvalue weighted by Gasteiger charge is 2.60. The molecular formula is C19H29NO3. The number of oxime groups is 1. The van der Waals surface area contributed by atoms with Crippen molar-refractivity contribution in [2.24, 2.45) is 33.7 Å². The topological polar surface area (TPSA) is 73.0 Å². The van der Waals surface area contributed by atoms with Crippen molar-refractivity contribution >= 4 is 5.71 Å². The van der Waals surface area contributed by atoms with Crippen molar-refractivity contribution in [2.45, 2.75) is 71.0 Å². The molecule has 4 aliphatic carbocycles. The zero-order valence-electron chi connectivity index (χ0n) is 14.2. The van der Waals surface area contributed by atoms with Crippen LogP contribution in [0.5, 0.6) is 0 Å². The maximum absolute atomic E-state index is 10.6. The van der Waals surface area contributed by atoms with E-state index in [4.69, 9.17) is 0 Å². The van der Waals surface area contributed by atoms with Crippen molar-refractivity contribution in [3.05, 3.63) is 11.6 Å². The van der Waals surface area contributed by atoms with E-state index in [-0.39, 0.29) is 16.9 Å². The van der Waals surface area contributed by atoms with E-state index in [0.717, 1.165) is 44.9 Å². The molecule has 23 heavy (non-hydrogen) atoms. The summed E-state index contributed by atoms with van der Waals surface area (Å²) in [6.45, 7) is 4.58. The third-order valence-electron chi connectivity index (χ3n) is 8.01. The second-order valence-electron chi connectivity index (χ2n) is 8.90. The Bertz CT molecular complexity index is 571. The van der Waals surface area contributed by atoms with Crippen molar-refractivity contribution in [1.29, 1.82) is 0 Å². The molecule has 4 heteroatoms. The fourth-order valence-electron chi connectivity index (χ4n) is 6.53. The first-order valence-corrected chi connectivity index (χ1v) is 9.16. The van der Waals surface area contributed by atoms with Gasteiger partial charge in [-0.25, -0.2) is 0 Å². The molecule has 0 aromatic carbocycles. The van der Waals surface area contributed by atoms with Crippen LogP contribution < -0.4 is 0 Å². The zero-order valence-corrected chi connectivity index (χ0v) is 14.2. The van der Waals surface area contributed by atoms with Crippen LogP contribution in [-0.4, -0.2) is 33.3 Å². The number of aliphatic hydroxyl groups is 2. The van der Waals surface area contributed by atoms with Crippen LogP contribution in [-0.2, 0) is 0 Å². The van der Waals surface area contributed by atoms with E-state index in [1.165, 1.54) is 5.57 Å². The monoisotopic (exact) mass is 319 g/mol. The molecule has 0 bridgehead atoms. The lowest BCUT2D eigenvalue weighted by Crippen LogP contribution is -2.51. The molecule has 0 saturated heterocycles. The van der Waals surface area contributed by atoms with Crippen molar-refractivity contribution in [3.63, 3.8) is 0 Å². The third-order valence-corrected chi connectivity index (χ3v) is 8.01. The minimum atomic E-state index is -0.593. The number of rotatable bonds is 0. The molecule has 4 nitrogen and oxygen atoms in total. The molecule has 3 fully saturated rings. The molecule has 4 aliphatic rings. The van der Waals surface area contributed by atoms with Gasteiger partial charge in [-0.2, -0.15) is 0 Å². The Hall–Kier alpha value is -0.870. The predicted octanol–water partition coefficient (Wildman–Crippen LogP) is 3.11. The molecule has 4 rings (SSSR count). The van der Waals surface area contributed by atoms with Crippen LogP contribution in [0.1, 0.15) is 58.8 Å². The summed E-state index contributed by atoms with van der Waals surface area (Å²) in [7, 11) is 0. The molecule has 0 heterocycles. The minimum Gasteiger partial charge on any atom is -0.411 e. The van der Waals surface area contributed by atoms with E-state index in [9.17, 15) is 15.4 Å². The van der Waals surface area contributed by atoms with Gasteiger partial charge in [0, 0.05) is 5.41 Å². The van der Waals surface area contributed by atoms with Crippen LogP contribution in [0.2, 0.25) is 0 Å². The van der Waals surface area contributed by atoms with Crippen LogP contribution in [0.25, 0.3) is 0 Å². The standard InChI is InChI=1S/C19H29NO3/c1-18-7-5-12(21)9-11(18)3-4-13-14(18)6-8-19(2)15(13)10-16(20-23)17(19)22/h3,12-15,17,21-23H,4-10H2,1-2H3/t12?,13-,14+,15+,17?,18+,19+/m1/s1. The van der Waals surface area contributed by atoms with Gasteiger partial charge in [0.1, 0.15) is 6.10 Å². The molecule has 0 radical (unpaired) electrons. The molecule has 3 N–H and O–H groups in total. The second-order valence-corrected chi connectivity index (χ2v) is 8.90. The van der Waals surface area contributed by atoms with E-state index in [1.807, 2.05) is 0 Å². The molecule has 0 amide bonds. The van der Waals surface area contributed by atoms with E-state index in [0.29, 0.717) is 23.5 Å². The van der Waals surface area contributed by atoms with E-state index in [1.54, 1.807) is 0 Å². The zero-order chi connectivity index (χ0) is 16.4. The van der Waals surface area contributed by atoms with E-state index >= 15 is 0 Å². The summed E-state index contributed by atoms with van der Waals surface area (Å²) in [5.41, 5.74) is 2.12. The summed E-state index contributed by atoms with van der Waals surface area (Å²) in [5.74, 6) is 1.61. The maximum Gasteiger partial charge on any atom is 0.101 e. The van der Waals surface area contributed by atoms with Crippen LogP contribution in [0.4, 0.5) is 0 Å². The summed E-state index contributed by atoms with van der Waals surface area (Å²) in [5, 5.41) is 33.3. The summed E-state index contributed by atoms with van der Waals surface area (Å²) >= 11 is 0. The van der Waals surface area contributed by atoms with Gasteiger partial charge >= 0.3 is 0 Å². The van der Waals surface area contributed by atoms with Crippen molar-refractivity contribution in [2.75, 3.05) is 0 Å². The normalized spacial score (nSPS) is 54.2. The Morgan fingerprint density at radius 2 is 1.87 bits per heavy atom. The third kappa shape index (κ3) is 2.00. The second kappa shape index (κ2) is 5.06. The summed E-state index contributed by atoms with van der Waals surface area (Å²) in [4.78, 5) is 0. The average molecular weight is 319 g/mol. The van der Waals surface area contributed by atoms with Gasteiger partial charge in [-0.05, 0) is 68.1 Å². The number of nitrogens with zero attached hydrogens (tertiary/aromatic N) is 1. The fourth-order valence-corrected chi connectivity index (χ4v) is 6.53. The lowest BCUT2D eigenvalue weighted by Gasteiger charge is -2.57. The van der Waals surface area contributed by atoms with E-state index in [2.05, 4.69) is 25.1 Å². The lowest BCUT2D eigenvalue weighted by atomic mass is 9.48. The van der Waals surface area contributed by atoms with Crippen LogP contribution in [0, 0.1) is 28.6 Å². The largest absolute Gasteiger partial charge is 0.411 e. The molecule has 2 unspecified atom stereocenters. The van der Waals surface area contributed by atoms with Gasteiger partial charge in [0.15, 0.2) is 0 Å². The molecular weight excluding hydrogens is 290 g/mol. The van der Waals surface area contributed by atoms with Crippen molar-refractivity contribution in [1.82, 2.24) is 0 Å². The number of allylic oxidation sites excluding steroid dienone is 1. The van der Waals surface area contributed by atoms with Gasteiger partial charge in [-0.1, -0.05) is 30.7 Å². The first-order valence-electron chi connectivity index (χ1n) is 9.16. The van der Waals surface area contributed by atoms with Gasteiger partial charge in [0.2, 0.25) is 0 Å². The van der Waals surface area contributed by atoms with Crippen LogP contribution >= 0.6 is 0 Å². The SMILES string of the molecule is C[C@]12CCC(O)CC1=CC[C@@H]1[C@@H]2CC[C@]2(C)C(O)C(=NO)C[C@@H]12. The van der Waals surface area contributed by atoms with Crippen LogP contribution in [0.15, 0.2) is 16.8 Å². The molecule has 3 saturated carbocycles. The molecule has 0 aromatic heterocycles. The lowest BCUT2D eigenvalue weighted by molar-refractivity contribution is -0.0671. The van der Waals surface area contributed by atoms with E-state index < -0.39 is 6.10 Å². The smallest absolute Gasteiger partial charge is 0.101 e. The molecule has 7 atom stereocenters. The Kier molecular flexibility index (Phi) is 3.44. The Morgan fingerprint density at radius 1 is 1.09 bits per heavy atom. The minimum absolute atomic E-state index is 0.140. The average Bonchev–Trinajstić information content (AvgIpc) is 2.79. The Morgan fingerprint density at radius 3 is 2.61 bits per heavy atom. The quantitative estimate of drug-likeness (QED) is 0.365. The highest BCUT2D eigenvalue weighted by atomic mass is 16.4. The Balaban J connectivity index is 1.69. The number of hydrogen-bond acceptors (Lipinski definition) is 4. The van der Waals surface area contributed by atoms with Gasteiger partial charge in [0.25, 0.3) is 0 Å². The molecule has 0 aliphatic heterocycles. The molecule has 0 spiro atoms. The number of fused-ring (bicyclic) bond motifs is 5. The molecule has 0 aromatic rings. The summed E-state index contributed by atoms with van der Waals surface area (Å²) in [6.07, 6.45) is 8.38. The van der Waals surface area contributed by atoms with Crippen LogP contribution in [0.3, 0.4) is 0 Å². The van der Waals surface area contributed by atoms with Gasteiger partial charge in [-0.3, -0.25) is 0 Å². The highest BCUT2D eigenvalue weighted by Crippen LogP contribution is 2.64. The Labute approximate surface area is 138 Å². The maximum atomic E-state index is 10.6. The van der Waals surface area contributed by atoms with Crippen molar-refractivity contribution in [3.8, 4) is 0 Å². The van der Waals surface area contributed by atoms with Crippen molar-refractivity contribution < 1.29 is 15.4 Å². The number of aliphatic hydroxyl groups excluding tert-OH is 2. The fraction of sp³-hybridized carbons (Fsp3) is 0.842. The van der Waals surface area contributed by atoms with Gasteiger partial charge in [-0.15, -0.1) is 0 Å². The van der Waals surface area contributed by atoms with Gasteiger partial charge < -0.3 is 15.4 Å². The highest BCUT2D eigenvalue weighted by molar-refractivity contribution is 5.91. The molecule has 128 valence electrons. The summed E-state index contributed by atoms with van der Waals surface area (Å²) < 4.78 is 0. The van der Waals surface area contributed by atoms with Gasteiger partial charge in [0.05, 0.1) is 11.8 Å². The first kappa shape index (κ1) is 15.6. The number of hydrogen-bond donors (Lipinski definition) is 3. The predicted molar refractivity (Wildman–Crippen MR) is 88.3 cm³/mol. The first-order chi connectivity index (χ1) is 10.9. The summed E-state index contributed by atoms with van der Waals surface area (Å²) in [6, 6.07) is 0.